The van der Waals surface area contributed by atoms with Crippen LogP contribution < -0.4 is 0 Å². The fourth-order valence-electron chi connectivity index (χ4n) is 2.82. The minimum atomic E-state index is -3.47. The first-order valence-electron chi connectivity index (χ1n) is 7.63. The Morgan fingerprint density at radius 3 is 2.74 bits per heavy atom. The third kappa shape index (κ3) is 3.31. The fourth-order valence-corrected chi connectivity index (χ4v) is 4.31. The van der Waals surface area contributed by atoms with Crippen LogP contribution in [0.25, 0.3) is 0 Å². The molecule has 7 heteroatoms. The summed E-state index contributed by atoms with van der Waals surface area (Å²) in [6.45, 7) is 4.09. The Labute approximate surface area is 137 Å². The zero-order chi connectivity index (χ0) is 16.6. The molecule has 3 rings (SSSR count). The molecule has 2 heterocycles. The van der Waals surface area contributed by atoms with Crippen LogP contribution in [0.15, 0.2) is 35.4 Å². The molecule has 0 fully saturated rings. The smallest absolute Gasteiger partial charge is 0.243 e. The van der Waals surface area contributed by atoms with E-state index in [0.717, 1.165) is 23.6 Å². The molecule has 0 unspecified atom stereocenters. The number of aromatic nitrogens is 2. The summed E-state index contributed by atoms with van der Waals surface area (Å²) < 4.78 is 29.2. The second-order valence-electron chi connectivity index (χ2n) is 6.23. The Morgan fingerprint density at radius 1 is 1.26 bits per heavy atom. The maximum absolute atomic E-state index is 12.8. The number of nitrogens with zero attached hydrogens (tertiary/aromatic N) is 4. The molecule has 0 amide bonds. The average molecular weight is 334 g/mol. The van der Waals surface area contributed by atoms with Crippen molar-refractivity contribution in [2.75, 3.05) is 20.6 Å². The van der Waals surface area contributed by atoms with E-state index >= 15 is 0 Å². The lowest BCUT2D eigenvalue weighted by Crippen LogP contribution is -2.38. The van der Waals surface area contributed by atoms with Crippen molar-refractivity contribution in [1.82, 2.24) is 18.8 Å². The first-order valence-corrected chi connectivity index (χ1v) is 9.07. The van der Waals surface area contributed by atoms with Gasteiger partial charge in [-0.3, -0.25) is 0 Å². The minimum absolute atomic E-state index is 0.323. The summed E-state index contributed by atoms with van der Waals surface area (Å²) in [6.07, 6.45) is 2.02. The van der Waals surface area contributed by atoms with Gasteiger partial charge >= 0.3 is 0 Å². The van der Waals surface area contributed by atoms with Gasteiger partial charge in [0.2, 0.25) is 10.0 Å². The molecular formula is C16H22N4O2S. The number of benzene rings is 1. The van der Waals surface area contributed by atoms with E-state index in [1.54, 1.807) is 18.2 Å². The summed E-state index contributed by atoms with van der Waals surface area (Å²) in [4.78, 5) is 6.99. The van der Waals surface area contributed by atoms with Crippen molar-refractivity contribution in [3.05, 3.63) is 47.5 Å². The average Bonchev–Trinajstić information content (AvgIpc) is 2.87. The van der Waals surface area contributed by atoms with Crippen molar-refractivity contribution in [1.29, 1.82) is 0 Å². The molecule has 0 aliphatic carbocycles. The van der Waals surface area contributed by atoms with Gasteiger partial charge in [-0.2, -0.15) is 4.31 Å². The van der Waals surface area contributed by atoms with E-state index in [0.29, 0.717) is 24.5 Å². The molecule has 2 aromatic rings. The molecule has 0 bridgehead atoms. The van der Waals surface area contributed by atoms with Crippen LogP contribution in [0.4, 0.5) is 0 Å². The van der Waals surface area contributed by atoms with Crippen LogP contribution in [0.5, 0.6) is 0 Å². The van der Waals surface area contributed by atoms with Crippen LogP contribution in [0.1, 0.15) is 17.1 Å². The molecule has 0 radical (unpaired) electrons. The van der Waals surface area contributed by atoms with Crippen LogP contribution in [-0.4, -0.2) is 47.8 Å². The molecule has 1 aromatic heterocycles. The van der Waals surface area contributed by atoms with Gasteiger partial charge in [-0.25, -0.2) is 13.4 Å². The second kappa shape index (κ2) is 6.07. The highest BCUT2D eigenvalue weighted by atomic mass is 32.2. The Kier molecular flexibility index (Phi) is 4.27. The summed E-state index contributed by atoms with van der Waals surface area (Å²) in [7, 11) is 0.514. The van der Waals surface area contributed by atoms with Gasteiger partial charge in [0.25, 0.3) is 0 Å². The quantitative estimate of drug-likeness (QED) is 0.849. The largest absolute Gasteiger partial charge is 0.332 e. The van der Waals surface area contributed by atoms with Gasteiger partial charge in [0.05, 0.1) is 17.1 Å². The van der Waals surface area contributed by atoms with Gasteiger partial charge in [0.15, 0.2) is 0 Å². The van der Waals surface area contributed by atoms with Crippen molar-refractivity contribution < 1.29 is 8.42 Å². The first-order chi connectivity index (χ1) is 10.9. The van der Waals surface area contributed by atoms with Crippen molar-refractivity contribution in [3.63, 3.8) is 0 Å². The van der Waals surface area contributed by atoms with Gasteiger partial charge < -0.3 is 9.47 Å². The SMILES string of the molecule is Cc1cccc(S(=O)(=O)N2CCn3cc(CN(C)C)nc3C2)c1. The van der Waals surface area contributed by atoms with Gasteiger partial charge in [0.1, 0.15) is 5.82 Å². The molecule has 124 valence electrons. The lowest BCUT2D eigenvalue weighted by Gasteiger charge is -2.27. The summed E-state index contributed by atoms with van der Waals surface area (Å²) in [5, 5.41) is 0. The summed E-state index contributed by atoms with van der Waals surface area (Å²) in [6, 6.07) is 7.05. The number of imidazole rings is 1. The molecule has 1 aliphatic heterocycles. The third-order valence-electron chi connectivity index (χ3n) is 3.92. The predicted molar refractivity (Wildman–Crippen MR) is 88.4 cm³/mol. The number of aryl methyl sites for hydroxylation is 1. The Morgan fingerprint density at radius 2 is 2.04 bits per heavy atom. The Hall–Kier alpha value is -1.70. The van der Waals surface area contributed by atoms with E-state index in [-0.39, 0.29) is 0 Å². The molecule has 0 N–H and O–H groups in total. The minimum Gasteiger partial charge on any atom is -0.332 e. The molecule has 1 aromatic carbocycles. The summed E-state index contributed by atoms with van der Waals surface area (Å²) in [5.41, 5.74) is 1.91. The highest BCUT2D eigenvalue weighted by Crippen LogP contribution is 2.22. The van der Waals surface area contributed by atoms with Crippen molar-refractivity contribution in [3.8, 4) is 0 Å². The van der Waals surface area contributed by atoms with Crippen LogP contribution >= 0.6 is 0 Å². The molecule has 0 saturated carbocycles. The highest BCUT2D eigenvalue weighted by Gasteiger charge is 2.29. The molecule has 23 heavy (non-hydrogen) atoms. The summed E-state index contributed by atoms with van der Waals surface area (Å²) in [5.74, 6) is 0.810. The van der Waals surface area contributed by atoms with E-state index in [1.165, 1.54) is 4.31 Å². The van der Waals surface area contributed by atoms with E-state index in [9.17, 15) is 8.42 Å². The van der Waals surface area contributed by atoms with Crippen LogP contribution in [-0.2, 0) is 29.7 Å². The molecule has 0 spiro atoms. The maximum Gasteiger partial charge on any atom is 0.243 e. The lowest BCUT2D eigenvalue weighted by atomic mass is 10.2. The van der Waals surface area contributed by atoms with Gasteiger partial charge in [-0.1, -0.05) is 12.1 Å². The van der Waals surface area contributed by atoms with Crippen LogP contribution in [0.2, 0.25) is 0 Å². The Bertz CT molecular complexity index is 811. The third-order valence-corrected chi connectivity index (χ3v) is 5.76. The first kappa shape index (κ1) is 16.2. The standard InChI is InChI=1S/C16H22N4O2S/c1-13-5-4-6-15(9-13)23(21,22)20-8-7-19-11-14(10-18(2)3)17-16(19)12-20/h4-6,9,11H,7-8,10,12H2,1-3H3. The number of rotatable bonds is 4. The van der Waals surface area contributed by atoms with Crippen LogP contribution in [0, 0.1) is 6.92 Å². The summed E-state index contributed by atoms with van der Waals surface area (Å²) >= 11 is 0. The van der Waals surface area contributed by atoms with Crippen molar-refractivity contribution >= 4 is 10.0 Å². The lowest BCUT2D eigenvalue weighted by molar-refractivity contribution is 0.335. The molecule has 1 aliphatic rings. The predicted octanol–water partition coefficient (Wildman–Crippen LogP) is 1.46. The highest BCUT2D eigenvalue weighted by molar-refractivity contribution is 7.89. The van der Waals surface area contributed by atoms with Crippen LogP contribution in [0.3, 0.4) is 0 Å². The molecule has 0 atom stereocenters. The number of hydrogen-bond acceptors (Lipinski definition) is 4. The topological polar surface area (TPSA) is 58.4 Å². The number of hydrogen-bond donors (Lipinski definition) is 0. The van der Waals surface area contributed by atoms with Gasteiger partial charge in [-0.05, 0) is 38.7 Å². The molecule has 0 saturated heterocycles. The normalized spacial score (nSPS) is 15.8. The maximum atomic E-state index is 12.8. The zero-order valence-electron chi connectivity index (χ0n) is 13.7. The van der Waals surface area contributed by atoms with E-state index < -0.39 is 10.0 Å². The monoisotopic (exact) mass is 334 g/mol. The fraction of sp³-hybridized carbons (Fsp3) is 0.438. The van der Waals surface area contributed by atoms with E-state index in [4.69, 9.17) is 0 Å². The number of sulfonamides is 1. The van der Waals surface area contributed by atoms with Gasteiger partial charge in [-0.15, -0.1) is 0 Å². The molecular weight excluding hydrogens is 312 g/mol. The number of fused-ring (bicyclic) bond motifs is 1. The molecule has 6 nitrogen and oxygen atoms in total. The zero-order valence-corrected chi connectivity index (χ0v) is 14.5. The van der Waals surface area contributed by atoms with Crippen molar-refractivity contribution in [2.24, 2.45) is 0 Å². The van der Waals surface area contributed by atoms with E-state index in [1.807, 2.05) is 33.3 Å². The Balaban J connectivity index is 1.85. The van der Waals surface area contributed by atoms with Crippen molar-refractivity contribution in [2.45, 2.75) is 31.5 Å². The second-order valence-corrected chi connectivity index (χ2v) is 8.17. The van der Waals surface area contributed by atoms with E-state index in [2.05, 4.69) is 14.5 Å². The van der Waals surface area contributed by atoms with Gasteiger partial charge in [0, 0.05) is 25.8 Å².